The van der Waals surface area contributed by atoms with Crippen LogP contribution in [0.1, 0.15) is 43.7 Å². The Morgan fingerprint density at radius 3 is 2.45 bits per heavy atom. The molecule has 44 heavy (non-hydrogen) atoms. The molecule has 2 aliphatic rings. The SMILES string of the molecule is C=C(c1cccc2c1Cc1ccccc1-2)C(OC(C)=O)[C@H]1O[C@@H](n2cnc3c(=O)[nH]c(N)nc32)[C@H](OC(C)=O)[C@@H]1OC(C)=O. The molecule has 5 atom stereocenters. The normalized spacial score (nSPS) is 20.9. The first-order valence-electron chi connectivity index (χ1n) is 13.8. The second-order valence-corrected chi connectivity index (χ2v) is 10.6. The summed E-state index contributed by atoms with van der Waals surface area (Å²) < 4.78 is 25.0. The fraction of sp³-hybridized carbons (Fsp3) is 0.290. The van der Waals surface area contributed by atoms with E-state index in [9.17, 15) is 19.2 Å². The molecule has 1 saturated heterocycles. The third-order valence-corrected chi connectivity index (χ3v) is 7.69. The Morgan fingerprint density at radius 2 is 1.73 bits per heavy atom. The molecule has 0 saturated carbocycles. The first-order chi connectivity index (χ1) is 21.0. The molecule has 1 fully saturated rings. The molecule has 1 unspecified atom stereocenters. The lowest BCUT2D eigenvalue weighted by atomic mass is 9.90. The van der Waals surface area contributed by atoms with E-state index < -0.39 is 54.1 Å². The van der Waals surface area contributed by atoms with Gasteiger partial charge in [0.1, 0.15) is 6.10 Å². The van der Waals surface area contributed by atoms with Gasteiger partial charge in [-0.2, -0.15) is 4.98 Å². The average molecular weight is 600 g/mol. The summed E-state index contributed by atoms with van der Waals surface area (Å²) in [7, 11) is 0. The largest absolute Gasteiger partial charge is 0.455 e. The molecule has 13 nitrogen and oxygen atoms in total. The standard InChI is InChI=1S/C31H29N5O8/c1-14(19-10-7-11-21-20-9-6-5-8-18(20)12-22(19)21)24(41-15(2)37)25-26(42-16(3)38)27(43-17(4)39)30(44-25)36-13-33-23-28(36)34-31(32)35-29(23)40/h5-11,13,24-27,30H,1,12H2,2-4H3,(H3,32,34,35,40)/t24?,25-,26-,27-,30-/m1/s1. The number of aromatic amines is 1. The van der Waals surface area contributed by atoms with E-state index >= 15 is 0 Å². The summed E-state index contributed by atoms with van der Waals surface area (Å²) in [5, 5.41) is 0. The predicted molar refractivity (Wildman–Crippen MR) is 157 cm³/mol. The number of anilines is 1. The van der Waals surface area contributed by atoms with Gasteiger partial charge in [0.15, 0.2) is 35.7 Å². The van der Waals surface area contributed by atoms with Gasteiger partial charge in [-0.25, -0.2) is 4.98 Å². The van der Waals surface area contributed by atoms with Crippen molar-refractivity contribution in [3.8, 4) is 11.1 Å². The maximum Gasteiger partial charge on any atom is 0.303 e. The summed E-state index contributed by atoms with van der Waals surface area (Å²) in [4.78, 5) is 60.4. The first kappa shape index (κ1) is 28.8. The second-order valence-electron chi connectivity index (χ2n) is 10.6. The van der Waals surface area contributed by atoms with Gasteiger partial charge in [0.05, 0.1) is 6.33 Å². The zero-order chi connectivity index (χ0) is 31.3. The smallest absolute Gasteiger partial charge is 0.303 e. The number of aromatic nitrogens is 4. The molecule has 226 valence electrons. The zero-order valence-electron chi connectivity index (χ0n) is 24.1. The molecule has 3 N–H and O–H groups in total. The maximum atomic E-state index is 12.5. The van der Waals surface area contributed by atoms with Crippen LogP contribution in [0.5, 0.6) is 0 Å². The van der Waals surface area contributed by atoms with Gasteiger partial charge in [0.25, 0.3) is 5.56 Å². The number of nitrogens with two attached hydrogens (primary N) is 1. The van der Waals surface area contributed by atoms with E-state index in [2.05, 4.69) is 27.6 Å². The van der Waals surface area contributed by atoms with E-state index in [4.69, 9.17) is 24.7 Å². The molecule has 1 aliphatic carbocycles. The molecular weight excluding hydrogens is 570 g/mol. The van der Waals surface area contributed by atoms with Gasteiger partial charge in [0.2, 0.25) is 5.95 Å². The number of ether oxygens (including phenoxy) is 4. The summed E-state index contributed by atoms with van der Waals surface area (Å²) in [6.07, 6.45) is -4.24. The third kappa shape index (κ3) is 5.00. The van der Waals surface area contributed by atoms with Gasteiger partial charge in [0, 0.05) is 20.8 Å². The van der Waals surface area contributed by atoms with Crippen LogP contribution in [0.25, 0.3) is 27.9 Å². The number of benzene rings is 2. The van der Waals surface area contributed by atoms with E-state index in [1.165, 1.54) is 31.7 Å². The molecular formula is C31H29N5O8. The minimum atomic E-state index is -1.27. The zero-order valence-corrected chi connectivity index (χ0v) is 24.1. The van der Waals surface area contributed by atoms with Crippen molar-refractivity contribution in [1.82, 2.24) is 19.5 Å². The maximum absolute atomic E-state index is 12.5. The first-order valence-corrected chi connectivity index (χ1v) is 13.8. The lowest BCUT2D eigenvalue weighted by molar-refractivity contribution is -0.167. The van der Waals surface area contributed by atoms with Crippen LogP contribution in [0.4, 0.5) is 5.95 Å². The summed E-state index contributed by atoms with van der Waals surface area (Å²) in [5.74, 6) is -2.21. The monoisotopic (exact) mass is 599 g/mol. The highest BCUT2D eigenvalue weighted by atomic mass is 16.7. The minimum absolute atomic E-state index is 0.0390. The van der Waals surface area contributed by atoms with E-state index in [0.717, 1.165) is 27.8 Å². The Labute approximate surface area is 250 Å². The summed E-state index contributed by atoms with van der Waals surface area (Å²) >= 11 is 0. The van der Waals surface area contributed by atoms with Crippen LogP contribution in [0.15, 0.2) is 60.2 Å². The number of esters is 3. The van der Waals surface area contributed by atoms with Crippen molar-refractivity contribution in [2.24, 2.45) is 0 Å². The molecule has 4 aromatic rings. The van der Waals surface area contributed by atoms with Crippen molar-refractivity contribution in [3.05, 3.63) is 82.4 Å². The van der Waals surface area contributed by atoms with Crippen LogP contribution in [-0.4, -0.2) is 61.8 Å². The quantitative estimate of drug-likeness (QED) is 0.208. The summed E-state index contributed by atoms with van der Waals surface area (Å²) in [6, 6.07) is 13.8. The van der Waals surface area contributed by atoms with Crippen LogP contribution in [0.2, 0.25) is 0 Å². The lowest BCUT2D eigenvalue weighted by Gasteiger charge is -2.30. The van der Waals surface area contributed by atoms with Crippen LogP contribution in [0, 0.1) is 0 Å². The molecule has 0 spiro atoms. The molecule has 3 heterocycles. The van der Waals surface area contributed by atoms with E-state index in [1.807, 2.05) is 36.4 Å². The number of nitrogens with zero attached hydrogens (tertiary/aromatic N) is 3. The average Bonchev–Trinajstić information content (AvgIpc) is 3.65. The number of nitrogens with one attached hydrogen (secondary N) is 1. The van der Waals surface area contributed by atoms with Crippen LogP contribution >= 0.6 is 0 Å². The van der Waals surface area contributed by atoms with Crippen LogP contribution in [0.3, 0.4) is 0 Å². The van der Waals surface area contributed by atoms with E-state index in [-0.39, 0.29) is 17.1 Å². The number of rotatable bonds is 7. The van der Waals surface area contributed by atoms with Gasteiger partial charge in [-0.3, -0.25) is 28.7 Å². The van der Waals surface area contributed by atoms with Gasteiger partial charge in [-0.05, 0) is 39.8 Å². The number of imidazole rings is 1. The highest BCUT2D eigenvalue weighted by molar-refractivity contribution is 5.84. The van der Waals surface area contributed by atoms with Gasteiger partial charge >= 0.3 is 17.9 Å². The summed E-state index contributed by atoms with van der Waals surface area (Å²) in [6.45, 7) is 7.95. The van der Waals surface area contributed by atoms with Crippen molar-refractivity contribution >= 4 is 40.6 Å². The molecule has 6 rings (SSSR count). The predicted octanol–water partition coefficient (Wildman–Crippen LogP) is 2.68. The molecule has 0 radical (unpaired) electrons. The molecule has 0 bridgehead atoms. The Kier molecular flexibility index (Phi) is 7.25. The van der Waals surface area contributed by atoms with Gasteiger partial charge in [-0.1, -0.05) is 49.0 Å². The number of nitrogen functional groups attached to an aromatic ring is 1. The molecule has 1 aliphatic heterocycles. The molecule has 0 amide bonds. The Hall–Kier alpha value is -5.30. The number of carbonyl (C=O) groups is 3. The van der Waals surface area contributed by atoms with Crippen molar-refractivity contribution < 1.29 is 33.3 Å². The van der Waals surface area contributed by atoms with Crippen molar-refractivity contribution in [2.45, 2.75) is 57.8 Å². The fourth-order valence-corrected chi connectivity index (χ4v) is 6.03. The van der Waals surface area contributed by atoms with E-state index in [1.54, 1.807) is 0 Å². The molecule has 13 heteroatoms. The second kappa shape index (κ2) is 11.1. The number of fused-ring (bicyclic) bond motifs is 4. The Balaban J connectivity index is 1.46. The topological polar surface area (TPSA) is 178 Å². The third-order valence-electron chi connectivity index (χ3n) is 7.69. The van der Waals surface area contributed by atoms with Gasteiger partial charge in [-0.15, -0.1) is 0 Å². The van der Waals surface area contributed by atoms with Gasteiger partial charge < -0.3 is 24.7 Å². The minimum Gasteiger partial charge on any atom is -0.455 e. The number of carbonyl (C=O) groups excluding carboxylic acids is 3. The van der Waals surface area contributed by atoms with E-state index in [0.29, 0.717) is 12.0 Å². The number of H-pyrrole nitrogens is 1. The van der Waals surface area contributed by atoms with Crippen LogP contribution < -0.4 is 11.3 Å². The fourth-order valence-electron chi connectivity index (χ4n) is 6.03. The number of hydrogen-bond acceptors (Lipinski definition) is 11. The summed E-state index contributed by atoms with van der Waals surface area (Å²) in [5.41, 5.74) is 10.6. The number of hydrogen-bond donors (Lipinski definition) is 2. The van der Waals surface area contributed by atoms with Crippen LogP contribution in [-0.2, 0) is 39.8 Å². The van der Waals surface area contributed by atoms with Crippen molar-refractivity contribution in [2.75, 3.05) is 5.73 Å². The molecule has 2 aromatic heterocycles. The lowest BCUT2D eigenvalue weighted by Crippen LogP contribution is -2.45. The highest BCUT2D eigenvalue weighted by Gasteiger charge is 2.55. The molecule has 2 aromatic carbocycles. The Bertz CT molecular complexity index is 1900. The van der Waals surface area contributed by atoms with Crippen molar-refractivity contribution in [1.29, 1.82) is 0 Å². The Morgan fingerprint density at radius 1 is 1.02 bits per heavy atom. The van der Waals surface area contributed by atoms with Crippen molar-refractivity contribution in [3.63, 3.8) is 0 Å². The highest BCUT2D eigenvalue weighted by Crippen LogP contribution is 2.44.